The van der Waals surface area contributed by atoms with E-state index in [1.165, 1.54) is 6.26 Å². The lowest BCUT2D eigenvalue weighted by atomic mass is 9.87. The molecule has 1 aromatic carbocycles. The summed E-state index contributed by atoms with van der Waals surface area (Å²) in [5, 5.41) is 2.90. The van der Waals surface area contributed by atoms with Crippen molar-refractivity contribution in [1.82, 2.24) is 10.2 Å². The number of nitrogens with one attached hydrogen (secondary N) is 1. The van der Waals surface area contributed by atoms with Gasteiger partial charge in [-0.05, 0) is 30.5 Å². The molecular weight excluding hydrogens is 316 g/mol. The van der Waals surface area contributed by atoms with Crippen LogP contribution >= 0.6 is 0 Å². The van der Waals surface area contributed by atoms with Crippen molar-refractivity contribution in [2.24, 2.45) is 5.41 Å². The Hall–Kier alpha value is -1.60. The van der Waals surface area contributed by atoms with Gasteiger partial charge in [0.15, 0.2) is 9.84 Å². The van der Waals surface area contributed by atoms with Gasteiger partial charge in [0.05, 0.1) is 11.5 Å². The summed E-state index contributed by atoms with van der Waals surface area (Å²) in [6, 6.07) is 6.52. The summed E-state index contributed by atoms with van der Waals surface area (Å²) in [7, 11) is -3.18. The predicted octanol–water partition coefficient (Wildman–Crippen LogP) is 1.41. The topological polar surface area (TPSA) is 75.7 Å². The number of hydrogen-bond donors (Lipinski definition) is 1. The average Bonchev–Trinajstić information content (AvgIpc) is 3.15. The highest BCUT2D eigenvalue weighted by Crippen LogP contribution is 2.38. The number of hydrogen-bond acceptors (Lipinski definition) is 4. The summed E-state index contributed by atoms with van der Waals surface area (Å²) in [5.74, 6) is 0. The number of carbonyl (C=O) groups is 1. The van der Waals surface area contributed by atoms with Crippen LogP contribution in [0.4, 0.5) is 4.79 Å². The molecule has 2 heterocycles. The molecule has 0 saturated carbocycles. The van der Waals surface area contributed by atoms with Crippen LogP contribution in [0.2, 0.25) is 0 Å². The SMILES string of the molecule is CS(=O)(=O)c1ccc(CNC(=O)N2CCC3(CCOC3)C2)cc1. The fraction of sp³-hybridized carbons (Fsp3) is 0.562. The molecule has 1 aromatic rings. The third-order valence-electron chi connectivity index (χ3n) is 4.71. The van der Waals surface area contributed by atoms with Gasteiger partial charge in [0.1, 0.15) is 0 Å². The van der Waals surface area contributed by atoms with E-state index >= 15 is 0 Å². The molecule has 1 spiro atoms. The molecule has 2 aliphatic heterocycles. The minimum atomic E-state index is -3.18. The maximum Gasteiger partial charge on any atom is 0.317 e. The molecule has 0 radical (unpaired) electrons. The Morgan fingerprint density at radius 1 is 1.30 bits per heavy atom. The lowest BCUT2D eigenvalue weighted by Gasteiger charge is -2.22. The quantitative estimate of drug-likeness (QED) is 0.904. The molecule has 7 heteroatoms. The van der Waals surface area contributed by atoms with Gasteiger partial charge in [0.25, 0.3) is 0 Å². The summed E-state index contributed by atoms with van der Waals surface area (Å²) < 4.78 is 28.3. The second-order valence-corrected chi connectivity index (χ2v) is 8.56. The van der Waals surface area contributed by atoms with Gasteiger partial charge in [-0.1, -0.05) is 12.1 Å². The van der Waals surface area contributed by atoms with E-state index in [4.69, 9.17) is 4.74 Å². The Morgan fingerprint density at radius 3 is 2.65 bits per heavy atom. The minimum Gasteiger partial charge on any atom is -0.381 e. The van der Waals surface area contributed by atoms with E-state index in [2.05, 4.69) is 5.32 Å². The highest BCUT2D eigenvalue weighted by Gasteiger charge is 2.42. The zero-order valence-electron chi connectivity index (χ0n) is 13.2. The molecule has 0 bridgehead atoms. The molecule has 2 fully saturated rings. The molecule has 2 saturated heterocycles. The van der Waals surface area contributed by atoms with Gasteiger partial charge in [-0.25, -0.2) is 13.2 Å². The Bertz CT molecular complexity index is 679. The first-order valence-corrected chi connectivity index (χ1v) is 9.67. The monoisotopic (exact) mass is 338 g/mol. The van der Waals surface area contributed by atoms with E-state index in [0.717, 1.165) is 44.7 Å². The first kappa shape index (κ1) is 16.3. The van der Waals surface area contributed by atoms with Gasteiger partial charge in [0, 0.05) is 37.9 Å². The lowest BCUT2D eigenvalue weighted by molar-refractivity contribution is 0.152. The summed E-state index contributed by atoms with van der Waals surface area (Å²) in [4.78, 5) is 14.4. The normalized spacial score (nSPS) is 24.3. The number of rotatable bonds is 3. The summed E-state index contributed by atoms with van der Waals surface area (Å²) in [6.07, 6.45) is 3.22. The zero-order valence-corrected chi connectivity index (χ0v) is 14.1. The predicted molar refractivity (Wildman–Crippen MR) is 85.8 cm³/mol. The number of ether oxygens (including phenoxy) is 1. The summed E-state index contributed by atoms with van der Waals surface area (Å²) in [6.45, 7) is 3.46. The second-order valence-electron chi connectivity index (χ2n) is 6.55. The van der Waals surface area contributed by atoms with Crippen molar-refractivity contribution in [3.8, 4) is 0 Å². The number of likely N-dealkylation sites (tertiary alicyclic amines) is 1. The maximum absolute atomic E-state index is 12.3. The Morgan fingerprint density at radius 2 is 2.04 bits per heavy atom. The van der Waals surface area contributed by atoms with Crippen LogP contribution in [0.25, 0.3) is 0 Å². The molecule has 126 valence electrons. The lowest BCUT2D eigenvalue weighted by Crippen LogP contribution is -2.39. The molecule has 1 atom stereocenters. The molecule has 23 heavy (non-hydrogen) atoms. The van der Waals surface area contributed by atoms with Crippen molar-refractivity contribution in [2.75, 3.05) is 32.6 Å². The number of amides is 2. The third-order valence-corrected chi connectivity index (χ3v) is 5.83. The first-order chi connectivity index (χ1) is 10.9. The van der Waals surface area contributed by atoms with Crippen LogP contribution < -0.4 is 5.32 Å². The van der Waals surface area contributed by atoms with Crippen LogP contribution in [0.1, 0.15) is 18.4 Å². The molecular formula is C16H22N2O4S. The van der Waals surface area contributed by atoms with Crippen LogP contribution in [0.15, 0.2) is 29.2 Å². The van der Waals surface area contributed by atoms with E-state index in [1.807, 2.05) is 4.90 Å². The Kier molecular flexibility index (Phi) is 4.33. The Balaban J connectivity index is 1.53. The van der Waals surface area contributed by atoms with Gasteiger partial charge < -0.3 is 15.0 Å². The summed E-state index contributed by atoms with van der Waals surface area (Å²) in [5.41, 5.74) is 1.04. The molecule has 2 aliphatic rings. The maximum atomic E-state index is 12.3. The fourth-order valence-corrected chi connectivity index (χ4v) is 3.85. The van der Waals surface area contributed by atoms with E-state index in [9.17, 15) is 13.2 Å². The van der Waals surface area contributed by atoms with Crippen molar-refractivity contribution >= 4 is 15.9 Å². The van der Waals surface area contributed by atoms with Gasteiger partial charge >= 0.3 is 6.03 Å². The minimum absolute atomic E-state index is 0.0686. The van der Waals surface area contributed by atoms with Crippen molar-refractivity contribution < 1.29 is 17.9 Å². The number of sulfone groups is 1. The standard InChI is InChI=1S/C16H22N2O4S/c1-23(20,21)14-4-2-13(3-5-14)10-17-15(19)18-8-6-16(11-18)7-9-22-12-16/h2-5H,6-12H2,1H3,(H,17,19). The molecule has 2 amide bonds. The number of carbonyl (C=O) groups excluding carboxylic acids is 1. The molecule has 3 rings (SSSR count). The van der Waals surface area contributed by atoms with E-state index in [1.54, 1.807) is 24.3 Å². The van der Waals surface area contributed by atoms with Gasteiger partial charge in [0.2, 0.25) is 0 Å². The number of nitrogens with zero attached hydrogens (tertiary/aromatic N) is 1. The third kappa shape index (κ3) is 3.67. The van der Waals surface area contributed by atoms with Crippen LogP contribution in [-0.2, 0) is 21.1 Å². The molecule has 6 nitrogen and oxygen atoms in total. The fourth-order valence-electron chi connectivity index (χ4n) is 3.22. The van der Waals surface area contributed by atoms with Crippen molar-refractivity contribution in [3.63, 3.8) is 0 Å². The smallest absolute Gasteiger partial charge is 0.317 e. The van der Waals surface area contributed by atoms with Crippen LogP contribution in [-0.4, -0.2) is 51.9 Å². The van der Waals surface area contributed by atoms with Crippen LogP contribution in [0, 0.1) is 5.41 Å². The highest BCUT2D eigenvalue weighted by atomic mass is 32.2. The highest BCUT2D eigenvalue weighted by molar-refractivity contribution is 7.90. The van der Waals surface area contributed by atoms with Gasteiger partial charge in [-0.2, -0.15) is 0 Å². The van der Waals surface area contributed by atoms with Crippen molar-refractivity contribution in [2.45, 2.75) is 24.3 Å². The van der Waals surface area contributed by atoms with Crippen molar-refractivity contribution in [3.05, 3.63) is 29.8 Å². The molecule has 1 unspecified atom stereocenters. The Labute approximate surface area is 136 Å². The van der Waals surface area contributed by atoms with E-state index < -0.39 is 9.84 Å². The second kappa shape index (κ2) is 6.13. The average molecular weight is 338 g/mol. The van der Waals surface area contributed by atoms with E-state index in [-0.39, 0.29) is 16.3 Å². The molecule has 1 N–H and O–H groups in total. The van der Waals surface area contributed by atoms with Crippen LogP contribution in [0.3, 0.4) is 0 Å². The zero-order chi connectivity index (χ0) is 16.5. The first-order valence-electron chi connectivity index (χ1n) is 7.78. The molecule has 0 aromatic heterocycles. The van der Waals surface area contributed by atoms with Crippen LogP contribution in [0.5, 0.6) is 0 Å². The number of benzene rings is 1. The van der Waals surface area contributed by atoms with Gasteiger partial charge in [-0.3, -0.25) is 0 Å². The van der Waals surface area contributed by atoms with Gasteiger partial charge in [-0.15, -0.1) is 0 Å². The van der Waals surface area contributed by atoms with Crippen molar-refractivity contribution in [1.29, 1.82) is 0 Å². The summed E-state index contributed by atoms with van der Waals surface area (Å²) >= 11 is 0. The molecule has 0 aliphatic carbocycles. The number of urea groups is 1. The largest absolute Gasteiger partial charge is 0.381 e. The van der Waals surface area contributed by atoms with E-state index in [0.29, 0.717) is 6.54 Å².